The van der Waals surface area contributed by atoms with Gasteiger partial charge in [-0.1, -0.05) is 168 Å². The minimum absolute atomic E-state index is 0. The maximum atomic E-state index is 2.24. The van der Waals surface area contributed by atoms with Gasteiger partial charge in [0, 0.05) is 0 Å². The van der Waals surface area contributed by atoms with Crippen LogP contribution in [0.3, 0.4) is 0 Å². The van der Waals surface area contributed by atoms with E-state index in [1.54, 1.807) is 0 Å². The second kappa shape index (κ2) is 11.1. The Bertz CT molecular complexity index is 1240. The molecule has 0 unspecified atom stereocenters. The van der Waals surface area contributed by atoms with Crippen LogP contribution >= 0.6 is 0 Å². The van der Waals surface area contributed by atoms with E-state index in [1.165, 1.54) is 38.7 Å². The summed E-state index contributed by atoms with van der Waals surface area (Å²) in [6.07, 6.45) is 0. The van der Waals surface area contributed by atoms with Gasteiger partial charge in [-0.25, -0.2) is 0 Å². The van der Waals surface area contributed by atoms with Crippen LogP contribution in [0, 0.1) is 0 Å². The van der Waals surface area contributed by atoms with Gasteiger partial charge in [0.1, 0.15) is 0 Å². The van der Waals surface area contributed by atoms with Gasteiger partial charge in [0.2, 0.25) is 6.71 Å². The smallest absolute Gasteiger partial charge is 0.242 e. The lowest BCUT2D eigenvalue weighted by atomic mass is 9.34. The number of hydrogen-bond acceptors (Lipinski definition) is 0. The van der Waals surface area contributed by atoms with Crippen molar-refractivity contribution in [3.63, 3.8) is 0 Å². The Hall–Kier alpha value is -4.17. The van der Waals surface area contributed by atoms with Crippen molar-refractivity contribution in [2.45, 2.75) is 0 Å². The molecule has 0 aromatic heterocycles. The first-order valence-corrected chi connectivity index (χ1v) is 11.4. The molecule has 0 nitrogen and oxygen atoms in total. The fraction of sp³-hybridized carbons (Fsp3) is 0. The predicted molar refractivity (Wildman–Crippen MR) is 146 cm³/mol. The molecule has 0 saturated heterocycles. The van der Waals surface area contributed by atoms with Crippen LogP contribution in [0.2, 0.25) is 0 Å². The number of benzene rings is 5. The highest BCUT2D eigenvalue weighted by Gasteiger charge is 2.28. The summed E-state index contributed by atoms with van der Waals surface area (Å²) in [7, 11) is 0. The fourth-order valence-corrected chi connectivity index (χ4v) is 4.58. The zero-order chi connectivity index (χ0) is 22.3. The largest absolute Gasteiger partial charge is 0.269 e. The van der Waals surface area contributed by atoms with Crippen LogP contribution < -0.4 is 10.9 Å². The highest BCUT2D eigenvalue weighted by atomic mass is 19.0. The van der Waals surface area contributed by atoms with Crippen molar-refractivity contribution in [2.24, 2.45) is 0 Å². The van der Waals surface area contributed by atoms with E-state index in [1.807, 2.05) is 0 Å². The van der Waals surface area contributed by atoms with Gasteiger partial charge in [-0.15, -0.1) is 0 Å². The molecule has 2 heteroatoms. The van der Waals surface area contributed by atoms with Gasteiger partial charge in [0.15, 0.2) is 0 Å². The van der Waals surface area contributed by atoms with E-state index in [0.717, 1.165) is 0 Å². The molecule has 0 atom stereocenters. The molecule has 0 aliphatic rings. The molecule has 0 N–H and O–H groups in total. The molecule has 0 radical (unpaired) electrons. The van der Waals surface area contributed by atoms with Crippen molar-refractivity contribution in [2.75, 3.05) is 0 Å². The third-order valence-corrected chi connectivity index (χ3v) is 6.03. The lowest BCUT2D eigenvalue weighted by Gasteiger charge is -2.24. The van der Waals surface area contributed by atoms with E-state index in [9.17, 15) is 0 Å². The molecule has 34 heavy (non-hydrogen) atoms. The zero-order valence-corrected chi connectivity index (χ0v) is 18.9. The Labute approximate surface area is 201 Å². The highest BCUT2D eigenvalue weighted by molar-refractivity contribution is 7.00. The number of halogens is 1. The Kier molecular flexibility index (Phi) is 7.52. The van der Waals surface area contributed by atoms with Crippen molar-refractivity contribution in [1.82, 2.24) is 0 Å². The zero-order valence-electron chi connectivity index (χ0n) is 18.9. The predicted octanol–water partition coefficient (Wildman–Crippen LogP) is 6.65. The van der Waals surface area contributed by atoms with Crippen molar-refractivity contribution >= 4 is 28.7 Å². The molecule has 5 rings (SSSR count). The van der Waals surface area contributed by atoms with E-state index in [-0.39, 0.29) is 11.4 Å². The van der Waals surface area contributed by atoms with E-state index >= 15 is 0 Å². The quantitative estimate of drug-likeness (QED) is 0.205. The third kappa shape index (κ3) is 4.92. The maximum Gasteiger partial charge on any atom is 0.242 e. The summed E-state index contributed by atoms with van der Waals surface area (Å²) < 4.78 is 0. The second-order valence-electron chi connectivity index (χ2n) is 8.14. The number of hydrogen-bond donors (Lipinski definition) is 0. The summed E-state index contributed by atoms with van der Waals surface area (Å²) in [5.74, 6) is 0. The molecule has 0 aliphatic carbocycles. The monoisotopic (exact) mass is 440 g/mol. The van der Waals surface area contributed by atoms with E-state index < -0.39 is 0 Å². The van der Waals surface area contributed by atoms with E-state index in [4.69, 9.17) is 0 Å². The van der Waals surface area contributed by atoms with Crippen LogP contribution in [0.1, 0.15) is 16.7 Å². The Morgan fingerprint density at radius 1 is 0.353 bits per heavy atom. The van der Waals surface area contributed by atoms with Crippen molar-refractivity contribution in [3.05, 3.63) is 168 Å². The summed E-state index contributed by atoms with van der Waals surface area (Å²) >= 11 is 0. The van der Waals surface area contributed by atoms with Crippen LogP contribution in [0.5, 0.6) is 0 Å². The number of rotatable bonds is 6. The molecular weight excluding hydrogens is 414 g/mol. The Morgan fingerprint density at radius 3 is 1.00 bits per heavy atom. The van der Waals surface area contributed by atoms with Crippen LogP contribution in [0.25, 0.3) is 11.0 Å². The molecule has 0 heterocycles. The Balaban J connectivity index is 0.00000274. The van der Waals surface area contributed by atoms with Gasteiger partial charge in [0.05, 0.1) is 0 Å². The van der Waals surface area contributed by atoms with Gasteiger partial charge >= 0.3 is 0 Å². The normalized spacial score (nSPS) is 10.1. The average molecular weight is 440 g/mol. The average Bonchev–Trinajstić information content (AvgIpc) is 2.91. The standard InChI is InChI=1S/C32H25B.FH/c1-6-16-26(17-7-1)31(27-18-8-2-9-19-27)32(28-20-10-3-11-21-28)33(29-22-12-4-13-23-29)30-24-14-5-15-25-30;/h1-25H;1H. The summed E-state index contributed by atoms with van der Waals surface area (Å²) in [4.78, 5) is 0. The third-order valence-electron chi connectivity index (χ3n) is 6.03. The SMILES string of the molecule is F.c1ccc(B(C(=C(c2ccccc2)c2ccccc2)c2ccccc2)c2ccccc2)cc1. The van der Waals surface area contributed by atoms with Crippen molar-refractivity contribution < 1.29 is 4.70 Å². The summed E-state index contributed by atoms with van der Waals surface area (Å²) in [6.45, 7) is 0.0882. The van der Waals surface area contributed by atoms with Gasteiger partial charge in [0.25, 0.3) is 0 Å². The molecule has 0 bridgehead atoms. The molecule has 5 aromatic rings. The van der Waals surface area contributed by atoms with Crippen LogP contribution in [0.15, 0.2) is 152 Å². The first-order chi connectivity index (χ1) is 16.4. The Morgan fingerprint density at radius 2 is 0.647 bits per heavy atom. The molecule has 0 spiro atoms. The second-order valence-corrected chi connectivity index (χ2v) is 8.14. The van der Waals surface area contributed by atoms with Gasteiger partial charge < -0.3 is 0 Å². The van der Waals surface area contributed by atoms with Gasteiger partial charge in [-0.05, 0) is 22.3 Å². The first-order valence-electron chi connectivity index (χ1n) is 11.4. The van der Waals surface area contributed by atoms with Crippen LogP contribution in [-0.2, 0) is 0 Å². The molecule has 0 saturated carbocycles. The molecule has 5 aromatic carbocycles. The minimum atomic E-state index is 0. The maximum absolute atomic E-state index is 2.24. The summed E-state index contributed by atoms with van der Waals surface area (Å²) in [5, 5.41) is 0. The van der Waals surface area contributed by atoms with Gasteiger partial charge in [-0.2, -0.15) is 0 Å². The molecule has 164 valence electrons. The van der Waals surface area contributed by atoms with Crippen LogP contribution in [0.4, 0.5) is 4.70 Å². The van der Waals surface area contributed by atoms with Gasteiger partial charge in [-0.3, -0.25) is 4.70 Å². The molecular formula is C32H26BF. The van der Waals surface area contributed by atoms with Crippen molar-refractivity contribution in [3.8, 4) is 0 Å². The highest BCUT2D eigenvalue weighted by Crippen LogP contribution is 2.34. The molecule has 0 aliphatic heterocycles. The van der Waals surface area contributed by atoms with E-state index in [2.05, 4.69) is 152 Å². The summed E-state index contributed by atoms with van der Waals surface area (Å²) in [5.41, 5.74) is 8.82. The lowest BCUT2D eigenvalue weighted by Crippen LogP contribution is -2.44. The lowest BCUT2D eigenvalue weighted by molar-refractivity contribution is 1.11. The minimum Gasteiger partial charge on any atom is -0.269 e. The first kappa shape index (κ1) is 23.0. The fourth-order valence-electron chi connectivity index (χ4n) is 4.58. The molecule has 0 amide bonds. The van der Waals surface area contributed by atoms with E-state index in [0.29, 0.717) is 0 Å². The summed E-state index contributed by atoms with van der Waals surface area (Å²) in [6, 6.07) is 54.1. The topological polar surface area (TPSA) is 0 Å². The molecule has 0 fully saturated rings. The van der Waals surface area contributed by atoms with Crippen LogP contribution in [-0.4, -0.2) is 6.71 Å². The van der Waals surface area contributed by atoms with Crippen molar-refractivity contribution in [1.29, 1.82) is 0 Å².